The fraction of sp³-hybridized carbons (Fsp3) is 0.417. The van der Waals surface area contributed by atoms with E-state index < -0.39 is 0 Å². The fourth-order valence-corrected chi connectivity index (χ4v) is 1.44. The Kier molecular flexibility index (Phi) is 5.29. The van der Waals surface area contributed by atoms with Crippen LogP contribution in [0.15, 0.2) is 35.5 Å². The summed E-state index contributed by atoms with van der Waals surface area (Å²) in [5, 5.41) is 5.44. The second kappa shape index (κ2) is 6.75. The van der Waals surface area contributed by atoms with Crippen molar-refractivity contribution in [2.75, 3.05) is 27.2 Å². The Labute approximate surface area is 101 Å². The van der Waals surface area contributed by atoms with Crippen LogP contribution in [0.2, 0.25) is 0 Å². The molecule has 1 unspecified atom stereocenters. The van der Waals surface area contributed by atoms with Gasteiger partial charge in [0.05, 0.1) is 12.3 Å². The minimum atomic E-state index is -0.205. The first kappa shape index (κ1) is 13.3. The molecule has 1 atom stereocenters. The maximum Gasteiger partial charge on any atom is 0.315 e. The number of furan rings is 1. The molecule has 0 fully saturated rings. The van der Waals surface area contributed by atoms with Crippen molar-refractivity contribution in [2.45, 2.75) is 6.04 Å². The van der Waals surface area contributed by atoms with E-state index >= 15 is 0 Å². The smallest absolute Gasteiger partial charge is 0.315 e. The average molecular weight is 237 g/mol. The molecule has 0 aliphatic heterocycles. The monoisotopic (exact) mass is 237 g/mol. The standard InChI is InChI=1S/C12H19N3O2/c1-4-7-13-12(16)14-9-10(15(2)3)11-6-5-8-17-11/h4-6,8,10H,1,7,9H2,2-3H3,(H2,13,14,16). The van der Waals surface area contributed by atoms with E-state index in [1.807, 2.05) is 31.1 Å². The Morgan fingerprint density at radius 2 is 2.35 bits per heavy atom. The van der Waals surface area contributed by atoms with Gasteiger partial charge in [-0.05, 0) is 26.2 Å². The van der Waals surface area contributed by atoms with E-state index in [0.717, 1.165) is 5.76 Å². The van der Waals surface area contributed by atoms with Crippen molar-refractivity contribution in [3.63, 3.8) is 0 Å². The number of carbonyl (C=O) groups excluding carboxylic acids is 1. The Morgan fingerprint density at radius 3 is 2.88 bits per heavy atom. The summed E-state index contributed by atoms with van der Waals surface area (Å²) in [5.74, 6) is 0.832. The van der Waals surface area contributed by atoms with E-state index in [4.69, 9.17) is 4.42 Å². The molecule has 94 valence electrons. The van der Waals surface area contributed by atoms with Crippen LogP contribution in [-0.4, -0.2) is 38.1 Å². The van der Waals surface area contributed by atoms with E-state index in [-0.39, 0.29) is 12.1 Å². The molecule has 1 rings (SSSR count). The van der Waals surface area contributed by atoms with E-state index in [0.29, 0.717) is 13.1 Å². The molecule has 0 saturated carbocycles. The lowest BCUT2D eigenvalue weighted by atomic mass is 10.2. The van der Waals surface area contributed by atoms with Crippen molar-refractivity contribution in [3.8, 4) is 0 Å². The maximum absolute atomic E-state index is 11.4. The Bertz CT molecular complexity index is 347. The van der Waals surface area contributed by atoms with Crippen LogP contribution in [-0.2, 0) is 0 Å². The van der Waals surface area contributed by atoms with Crippen molar-refractivity contribution >= 4 is 6.03 Å². The van der Waals surface area contributed by atoms with Crippen molar-refractivity contribution in [1.82, 2.24) is 15.5 Å². The summed E-state index contributed by atoms with van der Waals surface area (Å²) in [5.41, 5.74) is 0. The van der Waals surface area contributed by atoms with Crippen LogP contribution in [0.5, 0.6) is 0 Å². The molecule has 0 bridgehead atoms. The molecule has 0 saturated heterocycles. The summed E-state index contributed by atoms with van der Waals surface area (Å²) in [6.07, 6.45) is 3.26. The average Bonchev–Trinajstić information content (AvgIpc) is 2.79. The molecule has 0 aliphatic rings. The van der Waals surface area contributed by atoms with Gasteiger partial charge in [0, 0.05) is 13.1 Å². The largest absolute Gasteiger partial charge is 0.468 e. The van der Waals surface area contributed by atoms with E-state index in [1.54, 1.807) is 12.3 Å². The number of hydrogen-bond donors (Lipinski definition) is 2. The predicted octanol–water partition coefficient (Wildman–Crippen LogP) is 1.37. The highest BCUT2D eigenvalue weighted by Gasteiger charge is 2.17. The van der Waals surface area contributed by atoms with Gasteiger partial charge in [0.2, 0.25) is 0 Å². The van der Waals surface area contributed by atoms with Crippen molar-refractivity contribution in [3.05, 3.63) is 36.8 Å². The van der Waals surface area contributed by atoms with Crippen molar-refractivity contribution in [2.24, 2.45) is 0 Å². The number of amides is 2. The molecule has 1 aromatic heterocycles. The molecular formula is C12H19N3O2. The van der Waals surface area contributed by atoms with Gasteiger partial charge in [0.25, 0.3) is 0 Å². The van der Waals surface area contributed by atoms with Crippen molar-refractivity contribution < 1.29 is 9.21 Å². The van der Waals surface area contributed by atoms with Gasteiger partial charge in [0.1, 0.15) is 5.76 Å². The topological polar surface area (TPSA) is 57.5 Å². The first-order valence-corrected chi connectivity index (χ1v) is 5.47. The highest BCUT2D eigenvalue weighted by atomic mass is 16.3. The number of hydrogen-bond acceptors (Lipinski definition) is 3. The zero-order chi connectivity index (χ0) is 12.7. The lowest BCUT2D eigenvalue weighted by Crippen LogP contribution is -2.40. The number of likely N-dealkylation sites (N-methyl/N-ethyl adjacent to an activating group) is 1. The van der Waals surface area contributed by atoms with Crippen LogP contribution in [0.4, 0.5) is 4.79 Å². The van der Waals surface area contributed by atoms with Gasteiger partial charge in [-0.2, -0.15) is 0 Å². The van der Waals surface area contributed by atoms with E-state index in [9.17, 15) is 4.79 Å². The summed E-state index contributed by atoms with van der Waals surface area (Å²) in [6.45, 7) is 4.48. The lowest BCUT2D eigenvalue weighted by molar-refractivity contribution is 0.226. The molecule has 2 amide bonds. The van der Waals surface area contributed by atoms with Crippen LogP contribution in [0, 0.1) is 0 Å². The third-order valence-corrected chi connectivity index (χ3v) is 2.36. The SMILES string of the molecule is C=CCNC(=O)NCC(c1ccco1)N(C)C. The molecular weight excluding hydrogens is 218 g/mol. The van der Waals surface area contributed by atoms with Gasteiger partial charge in [-0.1, -0.05) is 6.08 Å². The predicted molar refractivity (Wildman–Crippen MR) is 66.7 cm³/mol. The summed E-state index contributed by atoms with van der Waals surface area (Å²) in [7, 11) is 3.88. The minimum absolute atomic E-state index is 0.0273. The number of nitrogens with zero attached hydrogens (tertiary/aromatic N) is 1. The molecule has 0 aliphatic carbocycles. The summed E-state index contributed by atoms with van der Waals surface area (Å²) < 4.78 is 5.34. The maximum atomic E-state index is 11.4. The van der Waals surface area contributed by atoms with Crippen LogP contribution >= 0.6 is 0 Å². The Hall–Kier alpha value is -1.75. The van der Waals surface area contributed by atoms with Crippen LogP contribution in [0.3, 0.4) is 0 Å². The fourth-order valence-electron chi connectivity index (χ4n) is 1.44. The molecule has 1 heterocycles. The zero-order valence-corrected chi connectivity index (χ0v) is 10.3. The van der Waals surface area contributed by atoms with Gasteiger partial charge in [-0.3, -0.25) is 4.90 Å². The second-order valence-corrected chi connectivity index (χ2v) is 3.87. The zero-order valence-electron chi connectivity index (χ0n) is 10.3. The normalized spacial score (nSPS) is 12.2. The van der Waals surface area contributed by atoms with Gasteiger partial charge in [-0.15, -0.1) is 6.58 Å². The molecule has 2 N–H and O–H groups in total. The third kappa shape index (κ3) is 4.32. The van der Waals surface area contributed by atoms with E-state index in [1.165, 1.54) is 0 Å². The first-order valence-electron chi connectivity index (χ1n) is 5.47. The molecule has 0 spiro atoms. The first-order chi connectivity index (χ1) is 8.15. The highest BCUT2D eigenvalue weighted by molar-refractivity contribution is 5.73. The van der Waals surface area contributed by atoms with E-state index in [2.05, 4.69) is 17.2 Å². The summed E-state index contributed by atoms with van der Waals surface area (Å²) in [4.78, 5) is 13.4. The Balaban J connectivity index is 2.46. The summed E-state index contributed by atoms with van der Waals surface area (Å²) in [6, 6.07) is 3.56. The number of nitrogens with one attached hydrogen (secondary N) is 2. The minimum Gasteiger partial charge on any atom is -0.468 e. The Morgan fingerprint density at radius 1 is 1.59 bits per heavy atom. The highest BCUT2D eigenvalue weighted by Crippen LogP contribution is 2.17. The number of carbonyl (C=O) groups is 1. The number of rotatable bonds is 6. The molecule has 1 aromatic rings. The third-order valence-electron chi connectivity index (χ3n) is 2.36. The van der Waals surface area contributed by atoms with Gasteiger partial charge >= 0.3 is 6.03 Å². The van der Waals surface area contributed by atoms with Crippen molar-refractivity contribution in [1.29, 1.82) is 0 Å². The molecule has 5 heteroatoms. The van der Waals surface area contributed by atoms with Gasteiger partial charge < -0.3 is 15.1 Å². The van der Waals surface area contributed by atoms with Crippen LogP contribution in [0.25, 0.3) is 0 Å². The van der Waals surface area contributed by atoms with Crippen LogP contribution in [0.1, 0.15) is 11.8 Å². The molecule has 0 radical (unpaired) electrons. The summed E-state index contributed by atoms with van der Waals surface area (Å²) >= 11 is 0. The second-order valence-electron chi connectivity index (χ2n) is 3.87. The molecule has 17 heavy (non-hydrogen) atoms. The van der Waals surface area contributed by atoms with Crippen LogP contribution < -0.4 is 10.6 Å². The molecule has 0 aromatic carbocycles. The van der Waals surface area contributed by atoms with Gasteiger partial charge in [-0.25, -0.2) is 4.79 Å². The lowest BCUT2D eigenvalue weighted by Gasteiger charge is -2.22. The quantitative estimate of drug-likeness (QED) is 0.735. The van der Waals surface area contributed by atoms with Gasteiger partial charge in [0.15, 0.2) is 0 Å². The molecule has 5 nitrogen and oxygen atoms in total. The number of urea groups is 1.